The second-order valence-electron chi connectivity index (χ2n) is 8.28. The fourth-order valence-electron chi connectivity index (χ4n) is 2.99. The molecule has 0 bridgehead atoms. The third-order valence-electron chi connectivity index (χ3n) is 4.97. The van der Waals surface area contributed by atoms with E-state index in [9.17, 15) is 24.0 Å². The van der Waals surface area contributed by atoms with Crippen LogP contribution in [0.25, 0.3) is 0 Å². The van der Waals surface area contributed by atoms with Crippen LogP contribution in [0.2, 0.25) is 0 Å². The molecule has 4 amide bonds. The van der Waals surface area contributed by atoms with Crippen LogP contribution in [0.1, 0.15) is 53.4 Å². The van der Waals surface area contributed by atoms with E-state index in [1.54, 1.807) is 13.8 Å². The average molecular weight is 472 g/mol. The average Bonchev–Trinajstić information content (AvgIpc) is 2.71. The summed E-state index contributed by atoms with van der Waals surface area (Å²) in [6.07, 6.45) is -0.298. The summed E-state index contributed by atoms with van der Waals surface area (Å²) < 4.78 is 0. The van der Waals surface area contributed by atoms with Crippen molar-refractivity contribution in [1.82, 2.24) is 21.3 Å². The van der Waals surface area contributed by atoms with Gasteiger partial charge in [-0.3, -0.25) is 24.6 Å². The molecule has 33 heavy (non-hydrogen) atoms. The Morgan fingerprint density at radius 3 is 2.03 bits per heavy atom. The van der Waals surface area contributed by atoms with Crippen molar-refractivity contribution in [3.8, 4) is 0 Å². The Hall–Kier alpha value is -3.38. The number of amides is 4. The molecule has 2 unspecified atom stereocenters. The molecule has 0 radical (unpaired) electrons. The zero-order chi connectivity index (χ0) is 25.7. The van der Waals surface area contributed by atoms with Crippen molar-refractivity contribution in [1.29, 1.82) is 5.41 Å². The summed E-state index contributed by atoms with van der Waals surface area (Å²) in [4.78, 5) is 60.9. The summed E-state index contributed by atoms with van der Waals surface area (Å²) >= 11 is 0. The molecule has 4 atom stereocenters. The number of hydrogen-bond donors (Lipinski definition) is 8. The number of guanidine groups is 1. The van der Waals surface area contributed by atoms with Gasteiger partial charge in [0.25, 0.3) is 5.91 Å². The number of carbonyl (C=O) groups is 5. The van der Waals surface area contributed by atoms with Crippen molar-refractivity contribution in [3.63, 3.8) is 0 Å². The van der Waals surface area contributed by atoms with Crippen molar-refractivity contribution >= 4 is 35.6 Å². The van der Waals surface area contributed by atoms with Gasteiger partial charge in [0.05, 0.1) is 6.04 Å². The number of carbonyl (C=O) groups excluding carboxylic acids is 4. The summed E-state index contributed by atoms with van der Waals surface area (Å²) in [6.45, 7) is 7.32. The Balaban J connectivity index is 5.36. The maximum absolute atomic E-state index is 12.9. The minimum absolute atomic E-state index is 0.0116. The fraction of sp³-hybridized carbons (Fsp3) is 0.700. The monoisotopic (exact) mass is 471 g/mol. The zero-order valence-electron chi connectivity index (χ0n) is 19.6. The second kappa shape index (κ2) is 14.6. The Bertz CT molecular complexity index is 728. The summed E-state index contributed by atoms with van der Waals surface area (Å²) in [5.74, 6) is -4.32. The standard InChI is InChI=1S/C20H37N7O6/c1-5-11(4)14(27-17(30)13(9-10(2)3)26-20(32)33)15(28)18(31)25-12(16(21)29)7-6-8-24-19(22)23/h10-14,26H,5-9H2,1-4H3,(H2,21,29)(H,25,31)(H,27,30)(H,32,33)(H4,22,23,24)/t11-,12?,13-,14?/m0/s1. The highest BCUT2D eigenvalue weighted by atomic mass is 16.4. The molecule has 13 heteroatoms. The quantitative estimate of drug-likeness (QED) is 0.0637. The third kappa shape index (κ3) is 11.7. The first-order valence-electron chi connectivity index (χ1n) is 10.8. The summed E-state index contributed by atoms with van der Waals surface area (Å²) in [5.41, 5.74) is 10.5. The van der Waals surface area contributed by atoms with Crippen LogP contribution in [0, 0.1) is 17.2 Å². The predicted octanol–water partition coefficient (Wildman–Crippen LogP) is -0.998. The number of primary amides is 1. The van der Waals surface area contributed by atoms with Gasteiger partial charge in [-0.2, -0.15) is 0 Å². The van der Waals surface area contributed by atoms with E-state index in [-0.39, 0.29) is 31.3 Å². The smallest absolute Gasteiger partial charge is 0.405 e. The van der Waals surface area contributed by atoms with Crippen LogP contribution in [0.3, 0.4) is 0 Å². The lowest BCUT2D eigenvalue weighted by atomic mass is 9.93. The first kappa shape index (κ1) is 29.6. The lowest BCUT2D eigenvalue weighted by Crippen LogP contribution is -2.57. The summed E-state index contributed by atoms with van der Waals surface area (Å²) in [5, 5.41) is 25.6. The van der Waals surface area contributed by atoms with E-state index in [0.29, 0.717) is 12.8 Å². The highest BCUT2D eigenvalue weighted by Crippen LogP contribution is 2.12. The number of Topliss-reactive ketones (excluding diaryl/α,β-unsaturated/α-hetero) is 1. The van der Waals surface area contributed by atoms with Gasteiger partial charge in [-0.25, -0.2) is 4.79 Å². The van der Waals surface area contributed by atoms with Gasteiger partial charge in [0.1, 0.15) is 12.1 Å². The summed E-state index contributed by atoms with van der Waals surface area (Å²) in [6, 6.07) is -3.46. The van der Waals surface area contributed by atoms with Crippen LogP contribution in [-0.4, -0.2) is 65.3 Å². The van der Waals surface area contributed by atoms with Gasteiger partial charge in [0.2, 0.25) is 17.6 Å². The van der Waals surface area contributed by atoms with Crippen molar-refractivity contribution in [3.05, 3.63) is 0 Å². The lowest BCUT2D eigenvalue weighted by molar-refractivity contribution is -0.142. The van der Waals surface area contributed by atoms with Crippen molar-refractivity contribution < 1.29 is 29.1 Å². The molecule has 0 fully saturated rings. The number of ketones is 1. The topological polar surface area (TPSA) is 230 Å². The molecule has 0 aliphatic carbocycles. The van der Waals surface area contributed by atoms with Crippen molar-refractivity contribution in [2.24, 2.45) is 23.3 Å². The molecule has 0 aromatic heterocycles. The molecular formula is C20H37N7O6. The SMILES string of the molecule is CC[C@H](C)C(NC(=O)[C@H](CC(C)C)NC(=O)O)C(=O)C(=O)NC(CCCNC(=N)N)C(N)=O. The van der Waals surface area contributed by atoms with Gasteiger partial charge >= 0.3 is 6.09 Å². The fourth-order valence-corrected chi connectivity index (χ4v) is 2.99. The predicted molar refractivity (Wildman–Crippen MR) is 121 cm³/mol. The van der Waals surface area contributed by atoms with E-state index in [0.717, 1.165) is 0 Å². The third-order valence-corrected chi connectivity index (χ3v) is 4.97. The number of hydrogen-bond acceptors (Lipinski definition) is 6. The van der Waals surface area contributed by atoms with E-state index in [1.807, 2.05) is 13.8 Å². The molecule has 0 saturated heterocycles. The number of rotatable bonds is 15. The van der Waals surface area contributed by atoms with E-state index in [2.05, 4.69) is 21.3 Å². The van der Waals surface area contributed by atoms with Crippen LogP contribution >= 0.6 is 0 Å². The molecular weight excluding hydrogens is 434 g/mol. The Kier molecular flexibility index (Phi) is 13.1. The molecule has 0 aromatic rings. The van der Waals surface area contributed by atoms with Crippen LogP contribution < -0.4 is 32.7 Å². The first-order valence-corrected chi connectivity index (χ1v) is 10.8. The number of nitrogens with two attached hydrogens (primary N) is 2. The molecule has 0 aromatic carbocycles. The highest BCUT2D eigenvalue weighted by Gasteiger charge is 2.34. The minimum atomic E-state index is -1.39. The summed E-state index contributed by atoms with van der Waals surface area (Å²) in [7, 11) is 0. The number of nitrogens with one attached hydrogen (secondary N) is 5. The Labute approximate surface area is 193 Å². The maximum atomic E-state index is 12.9. The lowest BCUT2D eigenvalue weighted by Gasteiger charge is -2.26. The van der Waals surface area contributed by atoms with Crippen LogP contribution in [-0.2, 0) is 19.2 Å². The second-order valence-corrected chi connectivity index (χ2v) is 8.28. The molecule has 0 aliphatic heterocycles. The van der Waals surface area contributed by atoms with Gasteiger partial charge in [-0.05, 0) is 31.1 Å². The molecule has 0 heterocycles. The van der Waals surface area contributed by atoms with Gasteiger partial charge < -0.3 is 37.8 Å². The van der Waals surface area contributed by atoms with E-state index < -0.39 is 53.6 Å². The van der Waals surface area contributed by atoms with E-state index >= 15 is 0 Å². The first-order chi connectivity index (χ1) is 15.3. The normalized spacial score (nSPS) is 14.3. The highest BCUT2D eigenvalue weighted by molar-refractivity contribution is 6.38. The number of carboxylic acid groups (broad SMARTS) is 1. The van der Waals surface area contributed by atoms with E-state index in [4.69, 9.17) is 22.0 Å². The van der Waals surface area contributed by atoms with Gasteiger partial charge in [0.15, 0.2) is 5.96 Å². The van der Waals surface area contributed by atoms with Crippen LogP contribution in [0.4, 0.5) is 4.79 Å². The zero-order valence-corrected chi connectivity index (χ0v) is 19.6. The largest absolute Gasteiger partial charge is 0.465 e. The van der Waals surface area contributed by atoms with Crippen LogP contribution in [0.15, 0.2) is 0 Å². The van der Waals surface area contributed by atoms with Crippen molar-refractivity contribution in [2.75, 3.05) is 6.54 Å². The molecule has 10 N–H and O–H groups in total. The molecule has 13 nitrogen and oxygen atoms in total. The Morgan fingerprint density at radius 1 is 0.970 bits per heavy atom. The van der Waals surface area contributed by atoms with Gasteiger partial charge in [-0.1, -0.05) is 34.1 Å². The van der Waals surface area contributed by atoms with Crippen LogP contribution in [0.5, 0.6) is 0 Å². The minimum Gasteiger partial charge on any atom is -0.465 e. The van der Waals surface area contributed by atoms with Crippen molar-refractivity contribution in [2.45, 2.75) is 71.5 Å². The molecule has 188 valence electrons. The maximum Gasteiger partial charge on any atom is 0.405 e. The molecule has 0 saturated carbocycles. The van der Waals surface area contributed by atoms with Gasteiger partial charge in [-0.15, -0.1) is 0 Å². The molecule has 0 spiro atoms. The van der Waals surface area contributed by atoms with E-state index in [1.165, 1.54) is 0 Å². The van der Waals surface area contributed by atoms with Gasteiger partial charge in [0, 0.05) is 6.54 Å². The molecule has 0 rings (SSSR count). The molecule has 0 aliphatic rings. The Morgan fingerprint density at radius 2 is 1.58 bits per heavy atom.